The van der Waals surface area contributed by atoms with Crippen LogP contribution in [-0.4, -0.2) is 36.6 Å². The molecule has 0 fully saturated rings. The molecule has 0 saturated heterocycles. The standard InChI is InChI=1S/C33H40Cl2N2O5/c1-39-25-15-17-31(27(34)23-25)41-21-11-5-3-9-19-36-29-13-7-8-14-30(29)37(33(36)38)20-10-4-6-12-22-42-32-18-16-26(40-2)24-28(32)35/h7-8,13-18,23-24H,3-6,9-12,19-22H2,1-2H3. The van der Waals surface area contributed by atoms with Crippen molar-refractivity contribution in [2.45, 2.75) is 64.5 Å². The first-order valence-electron chi connectivity index (χ1n) is 14.6. The molecule has 0 saturated carbocycles. The number of benzene rings is 3. The van der Waals surface area contributed by atoms with Crippen LogP contribution < -0.4 is 24.6 Å². The van der Waals surface area contributed by atoms with Crippen molar-refractivity contribution in [2.75, 3.05) is 27.4 Å². The molecular weight excluding hydrogens is 575 g/mol. The fourth-order valence-corrected chi connectivity index (χ4v) is 5.42. The zero-order chi connectivity index (χ0) is 29.7. The van der Waals surface area contributed by atoms with E-state index < -0.39 is 0 Å². The van der Waals surface area contributed by atoms with Gasteiger partial charge in [-0.3, -0.25) is 9.13 Å². The van der Waals surface area contributed by atoms with Crippen LogP contribution in [0.2, 0.25) is 10.0 Å². The Labute approximate surface area is 257 Å². The number of fused-ring (bicyclic) bond motifs is 1. The molecule has 226 valence electrons. The molecular formula is C33H40Cl2N2O5. The van der Waals surface area contributed by atoms with E-state index in [-0.39, 0.29) is 5.69 Å². The molecule has 0 unspecified atom stereocenters. The van der Waals surface area contributed by atoms with Gasteiger partial charge >= 0.3 is 5.69 Å². The number of para-hydroxylation sites is 2. The Hall–Kier alpha value is -3.29. The van der Waals surface area contributed by atoms with Crippen molar-refractivity contribution in [1.82, 2.24) is 9.13 Å². The highest BCUT2D eigenvalue weighted by Gasteiger charge is 2.12. The van der Waals surface area contributed by atoms with Crippen LogP contribution in [0.5, 0.6) is 23.0 Å². The minimum atomic E-state index is 0.0751. The van der Waals surface area contributed by atoms with Gasteiger partial charge in [0.2, 0.25) is 0 Å². The van der Waals surface area contributed by atoms with Gasteiger partial charge in [0.25, 0.3) is 0 Å². The summed E-state index contributed by atoms with van der Waals surface area (Å²) in [6, 6.07) is 18.9. The summed E-state index contributed by atoms with van der Waals surface area (Å²) in [5.74, 6) is 2.76. The van der Waals surface area contributed by atoms with Gasteiger partial charge in [-0.15, -0.1) is 0 Å². The summed E-state index contributed by atoms with van der Waals surface area (Å²) in [6.07, 6.45) is 7.83. The minimum Gasteiger partial charge on any atom is -0.497 e. The highest BCUT2D eigenvalue weighted by molar-refractivity contribution is 6.32. The topological polar surface area (TPSA) is 63.9 Å². The highest BCUT2D eigenvalue weighted by Crippen LogP contribution is 2.30. The number of aryl methyl sites for hydroxylation is 2. The van der Waals surface area contributed by atoms with Crippen molar-refractivity contribution >= 4 is 34.2 Å². The molecule has 7 nitrogen and oxygen atoms in total. The largest absolute Gasteiger partial charge is 0.497 e. The second-order valence-electron chi connectivity index (χ2n) is 10.2. The SMILES string of the molecule is COc1ccc(OCCCCCCn2c(=O)n(CCCCCCOc3ccc(OC)cc3Cl)c3ccccc32)c(Cl)c1. The van der Waals surface area contributed by atoms with E-state index in [0.717, 1.165) is 62.4 Å². The number of imidazole rings is 1. The molecule has 4 rings (SSSR count). The predicted molar refractivity (Wildman–Crippen MR) is 170 cm³/mol. The fraction of sp³-hybridized carbons (Fsp3) is 0.424. The summed E-state index contributed by atoms with van der Waals surface area (Å²) in [5.41, 5.74) is 2.08. The van der Waals surface area contributed by atoms with E-state index in [2.05, 4.69) is 0 Å². The maximum atomic E-state index is 13.3. The number of hydrogen-bond donors (Lipinski definition) is 0. The van der Waals surface area contributed by atoms with Gasteiger partial charge in [-0.2, -0.15) is 0 Å². The monoisotopic (exact) mass is 614 g/mol. The summed E-state index contributed by atoms with van der Waals surface area (Å²) in [5, 5.41) is 1.10. The zero-order valence-electron chi connectivity index (χ0n) is 24.5. The molecule has 0 aliphatic rings. The number of hydrogen-bond acceptors (Lipinski definition) is 5. The third-order valence-electron chi connectivity index (χ3n) is 7.27. The van der Waals surface area contributed by atoms with Gasteiger partial charge in [-0.25, -0.2) is 4.79 Å². The Kier molecular flexibility index (Phi) is 12.3. The average molecular weight is 616 g/mol. The van der Waals surface area contributed by atoms with Crippen molar-refractivity contribution in [3.63, 3.8) is 0 Å². The number of ether oxygens (including phenoxy) is 4. The van der Waals surface area contributed by atoms with Gasteiger partial charge in [-0.05, 0) is 62.1 Å². The van der Waals surface area contributed by atoms with Gasteiger partial charge in [0.1, 0.15) is 23.0 Å². The predicted octanol–water partition coefficient (Wildman–Crippen LogP) is 8.41. The minimum absolute atomic E-state index is 0.0751. The Morgan fingerprint density at radius 1 is 0.595 bits per heavy atom. The second kappa shape index (κ2) is 16.4. The van der Waals surface area contributed by atoms with E-state index in [1.807, 2.05) is 57.7 Å². The first-order valence-corrected chi connectivity index (χ1v) is 15.4. The van der Waals surface area contributed by atoms with E-state index in [4.69, 9.17) is 42.1 Å². The number of halogens is 2. The molecule has 1 heterocycles. The number of aromatic nitrogens is 2. The maximum absolute atomic E-state index is 13.3. The zero-order valence-corrected chi connectivity index (χ0v) is 26.0. The van der Waals surface area contributed by atoms with Gasteiger partial charge in [0.05, 0.1) is 48.5 Å². The molecule has 42 heavy (non-hydrogen) atoms. The molecule has 9 heteroatoms. The lowest BCUT2D eigenvalue weighted by Crippen LogP contribution is -2.24. The van der Waals surface area contributed by atoms with E-state index in [1.54, 1.807) is 26.4 Å². The molecule has 0 spiro atoms. The van der Waals surface area contributed by atoms with Crippen LogP contribution in [0.25, 0.3) is 11.0 Å². The molecule has 0 atom stereocenters. The summed E-state index contributed by atoms with van der Waals surface area (Å²) in [4.78, 5) is 13.3. The summed E-state index contributed by atoms with van der Waals surface area (Å²) < 4.78 is 25.8. The molecule has 0 aliphatic heterocycles. The van der Waals surface area contributed by atoms with Crippen LogP contribution in [0.1, 0.15) is 51.4 Å². The van der Waals surface area contributed by atoms with E-state index in [0.29, 0.717) is 59.3 Å². The lowest BCUT2D eigenvalue weighted by atomic mass is 10.2. The van der Waals surface area contributed by atoms with Gasteiger partial charge < -0.3 is 18.9 Å². The van der Waals surface area contributed by atoms with Crippen molar-refractivity contribution < 1.29 is 18.9 Å². The lowest BCUT2D eigenvalue weighted by Gasteiger charge is -2.09. The first kappa shape index (κ1) is 31.6. The Morgan fingerprint density at radius 3 is 1.43 bits per heavy atom. The third kappa shape index (κ3) is 8.62. The van der Waals surface area contributed by atoms with Crippen LogP contribution in [0.4, 0.5) is 0 Å². The smallest absolute Gasteiger partial charge is 0.329 e. The van der Waals surface area contributed by atoms with Crippen LogP contribution in [0, 0.1) is 0 Å². The molecule has 0 amide bonds. The van der Waals surface area contributed by atoms with E-state index >= 15 is 0 Å². The highest BCUT2D eigenvalue weighted by atomic mass is 35.5. The van der Waals surface area contributed by atoms with Crippen molar-refractivity contribution in [1.29, 1.82) is 0 Å². The lowest BCUT2D eigenvalue weighted by molar-refractivity contribution is 0.303. The summed E-state index contributed by atoms with van der Waals surface area (Å²) in [6.45, 7) is 2.63. The molecule has 0 radical (unpaired) electrons. The first-order chi connectivity index (χ1) is 20.5. The molecule has 4 aromatic rings. The van der Waals surface area contributed by atoms with Crippen molar-refractivity contribution in [2.24, 2.45) is 0 Å². The number of nitrogens with zero attached hydrogens (tertiary/aromatic N) is 2. The van der Waals surface area contributed by atoms with Crippen LogP contribution in [0.3, 0.4) is 0 Å². The number of methoxy groups -OCH3 is 2. The Morgan fingerprint density at radius 2 is 1.02 bits per heavy atom. The van der Waals surface area contributed by atoms with Crippen LogP contribution in [0.15, 0.2) is 65.5 Å². The maximum Gasteiger partial charge on any atom is 0.329 e. The Bertz CT molecular complexity index is 1380. The molecule has 3 aromatic carbocycles. The van der Waals surface area contributed by atoms with Crippen LogP contribution in [-0.2, 0) is 13.1 Å². The molecule has 1 aromatic heterocycles. The van der Waals surface area contributed by atoms with Gasteiger partial charge in [-0.1, -0.05) is 61.0 Å². The summed E-state index contributed by atoms with van der Waals surface area (Å²) in [7, 11) is 3.22. The quantitative estimate of drug-likeness (QED) is 0.105. The molecule has 0 aliphatic carbocycles. The van der Waals surface area contributed by atoms with Crippen LogP contribution >= 0.6 is 23.2 Å². The Balaban J connectivity index is 1.17. The average Bonchev–Trinajstić information content (AvgIpc) is 3.27. The number of rotatable bonds is 18. The van der Waals surface area contributed by atoms with Gasteiger partial charge in [0.15, 0.2) is 0 Å². The molecule has 0 bridgehead atoms. The molecule has 0 N–H and O–H groups in total. The third-order valence-corrected chi connectivity index (χ3v) is 7.86. The fourth-order valence-electron chi connectivity index (χ4n) is 4.97. The van der Waals surface area contributed by atoms with Crippen molar-refractivity contribution in [3.05, 3.63) is 81.2 Å². The number of unbranched alkanes of at least 4 members (excludes halogenated alkanes) is 6. The normalized spacial score (nSPS) is 11.1. The summed E-state index contributed by atoms with van der Waals surface area (Å²) >= 11 is 12.5. The van der Waals surface area contributed by atoms with Crippen molar-refractivity contribution in [3.8, 4) is 23.0 Å². The van der Waals surface area contributed by atoms with E-state index in [1.165, 1.54) is 0 Å². The second-order valence-corrected chi connectivity index (χ2v) is 11.0. The van der Waals surface area contributed by atoms with E-state index in [9.17, 15) is 4.79 Å². The van der Waals surface area contributed by atoms with Gasteiger partial charge in [0, 0.05) is 25.2 Å².